The summed E-state index contributed by atoms with van der Waals surface area (Å²) < 4.78 is 0. The van der Waals surface area contributed by atoms with Gasteiger partial charge in [-0.15, -0.1) is 0 Å². The van der Waals surface area contributed by atoms with E-state index in [1.807, 2.05) is 0 Å². The number of likely N-dealkylation sites (N-methyl/N-ethyl adjacent to an activating group) is 1. The molecule has 0 saturated heterocycles. The Kier molecular flexibility index (Phi) is 1.00. The summed E-state index contributed by atoms with van der Waals surface area (Å²) in [5.74, 6) is 0.866. The zero-order valence-corrected chi connectivity index (χ0v) is 7.54. The molecular formula is C11H13N. The summed E-state index contributed by atoms with van der Waals surface area (Å²) in [4.78, 5) is 2.44. The van der Waals surface area contributed by atoms with Gasteiger partial charge in [0, 0.05) is 24.7 Å². The second-order valence-corrected chi connectivity index (χ2v) is 4.08. The first kappa shape index (κ1) is 6.53. The quantitative estimate of drug-likeness (QED) is 0.561. The van der Waals surface area contributed by atoms with Crippen molar-refractivity contribution in [3.8, 4) is 0 Å². The lowest BCUT2D eigenvalue weighted by atomic mass is 10.1. The van der Waals surface area contributed by atoms with Gasteiger partial charge in [0.25, 0.3) is 0 Å². The molecule has 1 heteroatoms. The summed E-state index contributed by atoms with van der Waals surface area (Å²) in [6.45, 7) is 2.16. The normalized spacial score (nSPS) is 30.0. The van der Waals surface area contributed by atoms with E-state index in [1.165, 1.54) is 17.7 Å². The van der Waals surface area contributed by atoms with Crippen LogP contribution in [0.1, 0.15) is 23.5 Å². The van der Waals surface area contributed by atoms with Gasteiger partial charge in [0.05, 0.1) is 0 Å². The van der Waals surface area contributed by atoms with E-state index in [0.29, 0.717) is 0 Å². The first-order chi connectivity index (χ1) is 5.77. The third-order valence-corrected chi connectivity index (χ3v) is 3.22. The van der Waals surface area contributed by atoms with Crippen molar-refractivity contribution in [1.29, 1.82) is 0 Å². The molecule has 1 saturated carbocycles. The minimum Gasteiger partial charge on any atom is -0.371 e. The molecule has 1 fully saturated rings. The van der Waals surface area contributed by atoms with Gasteiger partial charge in [-0.25, -0.2) is 0 Å². The molecule has 1 aliphatic heterocycles. The van der Waals surface area contributed by atoms with Gasteiger partial charge in [-0.2, -0.15) is 0 Å². The highest BCUT2D eigenvalue weighted by Gasteiger charge is 2.48. The molecule has 0 bridgehead atoms. The molecular weight excluding hydrogens is 146 g/mol. The highest BCUT2D eigenvalue weighted by Crippen LogP contribution is 2.55. The average Bonchev–Trinajstić information content (AvgIpc) is 2.78. The SMILES string of the molecule is Cc1ccc2c(c1)N(C)C1C[C@H]21. The van der Waals surface area contributed by atoms with E-state index in [-0.39, 0.29) is 0 Å². The van der Waals surface area contributed by atoms with E-state index in [4.69, 9.17) is 0 Å². The highest BCUT2D eigenvalue weighted by atomic mass is 15.2. The summed E-state index contributed by atoms with van der Waals surface area (Å²) in [6.07, 6.45) is 1.38. The van der Waals surface area contributed by atoms with Crippen LogP contribution < -0.4 is 4.90 Å². The zero-order chi connectivity index (χ0) is 8.29. The van der Waals surface area contributed by atoms with Gasteiger partial charge in [0.15, 0.2) is 0 Å². The van der Waals surface area contributed by atoms with E-state index < -0.39 is 0 Å². The van der Waals surface area contributed by atoms with E-state index in [0.717, 1.165) is 12.0 Å². The molecule has 1 nitrogen and oxygen atoms in total. The number of rotatable bonds is 0. The number of anilines is 1. The Labute approximate surface area is 73.0 Å². The fourth-order valence-corrected chi connectivity index (χ4v) is 2.40. The van der Waals surface area contributed by atoms with E-state index in [9.17, 15) is 0 Å². The van der Waals surface area contributed by atoms with Crippen LogP contribution in [0.5, 0.6) is 0 Å². The summed E-state index contributed by atoms with van der Waals surface area (Å²) >= 11 is 0. The Bertz CT molecular complexity index is 343. The molecule has 3 rings (SSSR count). The molecule has 0 N–H and O–H groups in total. The highest BCUT2D eigenvalue weighted by molar-refractivity contribution is 5.66. The molecule has 1 heterocycles. The minimum absolute atomic E-state index is 0.835. The molecule has 0 spiro atoms. The molecule has 2 atom stereocenters. The molecule has 12 heavy (non-hydrogen) atoms. The van der Waals surface area contributed by atoms with Crippen molar-refractivity contribution in [2.24, 2.45) is 0 Å². The maximum absolute atomic E-state index is 2.44. The Morgan fingerprint density at radius 2 is 2.25 bits per heavy atom. The summed E-state index contributed by atoms with van der Waals surface area (Å²) in [5, 5.41) is 0. The third kappa shape index (κ3) is 0.644. The molecule has 1 unspecified atom stereocenters. The monoisotopic (exact) mass is 159 g/mol. The summed E-state index contributed by atoms with van der Waals surface area (Å²) in [7, 11) is 2.22. The smallest absolute Gasteiger partial charge is 0.0405 e. The predicted octanol–water partition coefficient (Wildman–Crippen LogP) is 2.30. The van der Waals surface area contributed by atoms with Crippen LogP contribution in [-0.4, -0.2) is 13.1 Å². The van der Waals surface area contributed by atoms with Gasteiger partial charge in [-0.05, 0) is 30.5 Å². The van der Waals surface area contributed by atoms with Crippen molar-refractivity contribution in [2.75, 3.05) is 11.9 Å². The van der Waals surface area contributed by atoms with Crippen molar-refractivity contribution in [3.63, 3.8) is 0 Å². The minimum atomic E-state index is 0.835. The Morgan fingerprint density at radius 1 is 1.42 bits per heavy atom. The number of benzene rings is 1. The molecule has 0 radical (unpaired) electrons. The standard InChI is InChI=1S/C11H13N/c1-7-3-4-8-9-6-11(9)12(2)10(8)5-7/h3-5,9,11H,6H2,1-2H3/t9-,11?/m1/s1. The second kappa shape index (κ2) is 1.85. The Hall–Kier alpha value is -0.980. The fourth-order valence-electron chi connectivity index (χ4n) is 2.40. The van der Waals surface area contributed by atoms with Gasteiger partial charge in [-0.1, -0.05) is 12.1 Å². The second-order valence-electron chi connectivity index (χ2n) is 4.08. The van der Waals surface area contributed by atoms with Crippen molar-refractivity contribution in [1.82, 2.24) is 0 Å². The van der Waals surface area contributed by atoms with Crippen LogP contribution in [0.15, 0.2) is 18.2 Å². The lowest BCUT2D eigenvalue weighted by molar-refractivity contribution is 0.936. The Morgan fingerprint density at radius 3 is 3.08 bits per heavy atom. The first-order valence-electron chi connectivity index (χ1n) is 4.61. The summed E-state index contributed by atoms with van der Waals surface area (Å²) in [6, 6.07) is 7.68. The molecule has 1 aromatic carbocycles. The van der Waals surface area contributed by atoms with E-state index >= 15 is 0 Å². The molecule has 0 amide bonds. The van der Waals surface area contributed by atoms with Gasteiger partial charge in [0.2, 0.25) is 0 Å². The number of hydrogen-bond donors (Lipinski definition) is 0. The first-order valence-corrected chi connectivity index (χ1v) is 4.61. The number of aryl methyl sites for hydroxylation is 1. The van der Waals surface area contributed by atoms with Crippen molar-refractivity contribution < 1.29 is 0 Å². The average molecular weight is 159 g/mol. The lowest BCUT2D eigenvalue weighted by Gasteiger charge is -2.16. The van der Waals surface area contributed by atoms with Gasteiger partial charge in [0.1, 0.15) is 0 Å². The number of hydrogen-bond acceptors (Lipinski definition) is 1. The van der Waals surface area contributed by atoms with Crippen LogP contribution in [0.3, 0.4) is 0 Å². The molecule has 1 aromatic rings. The number of fused-ring (bicyclic) bond motifs is 3. The third-order valence-electron chi connectivity index (χ3n) is 3.22. The van der Waals surface area contributed by atoms with Crippen LogP contribution in [0.2, 0.25) is 0 Å². The fraction of sp³-hybridized carbons (Fsp3) is 0.455. The molecule has 62 valence electrons. The molecule has 0 aromatic heterocycles. The predicted molar refractivity (Wildman–Crippen MR) is 50.7 cm³/mol. The summed E-state index contributed by atoms with van der Waals surface area (Å²) in [5.41, 5.74) is 4.42. The van der Waals surface area contributed by atoms with Crippen LogP contribution in [0.25, 0.3) is 0 Å². The molecule has 2 aliphatic rings. The van der Waals surface area contributed by atoms with Crippen LogP contribution in [0, 0.1) is 6.92 Å². The molecule has 1 aliphatic carbocycles. The van der Waals surface area contributed by atoms with Gasteiger partial charge < -0.3 is 4.90 Å². The maximum atomic E-state index is 2.44. The van der Waals surface area contributed by atoms with Crippen molar-refractivity contribution >= 4 is 5.69 Å². The van der Waals surface area contributed by atoms with Crippen LogP contribution in [0.4, 0.5) is 5.69 Å². The van der Waals surface area contributed by atoms with Crippen molar-refractivity contribution in [3.05, 3.63) is 29.3 Å². The largest absolute Gasteiger partial charge is 0.371 e. The van der Waals surface area contributed by atoms with Gasteiger partial charge >= 0.3 is 0 Å². The number of nitrogens with zero attached hydrogens (tertiary/aromatic N) is 1. The van der Waals surface area contributed by atoms with Crippen molar-refractivity contribution in [2.45, 2.75) is 25.3 Å². The van der Waals surface area contributed by atoms with E-state index in [2.05, 4.69) is 37.1 Å². The van der Waals surface area contributed by atoms with Crippen LogP contribution >= 0.6 is 0 Å². The topological polar surface area (TPSA) is 3.24 Å². The van der Waals surface area contributed by atoms with Gasteiger partial charge in [-0.3, -0.25) is 0 Å². The maximum Gasteiger partial charge on any atom is 0.0405 e. The Balaban J connectivity index is 2.20. The van der Waals surface area contributed by atoms with E-state index in [1.54, 1.807) is 5.56 Å². The van der Waals surface area contributed by atoms with Crippen LogP contribution in [-0.2, 0) is 0 Å². The zero-order valence-electron chi connectivity index (χ0n) is 7.54. The lowest BCUT2D eigenvalue weighted by Crippen LogP contribution is -2.16.